The van der Waals surface area contributed by atoms with Gasteiger partial charge in [0.25, 0.3) is 0 Å². The highest BCUT2D eigenvalue weighted by molar-refractivity contribution is 7.99. The molecule has 0 amide bonds. The molecule has 1 unspecified atom stereocenters. The van der Waals surface area contributed by atoms with E-state index in [0.29, 0.717) is 22.7 Å². The highest BCUT2D eigenvalue weighted by Gasteiger charge is 2.30. The van der Waals surface area contributed by atoms with Gasteiger partial charge in [0.1, 0.15) is 0 Å². The molecule has 0 bridgehead atoms. The first-order chi connectivity index (χ1) is 11.2. The van der Waals surface area contributed by atoms with Crippen LogP contribution in [0.5, 0.6) is 0 Å². The van der Waals surface area contributed by atoms with Gasteiger partial charge in [0.05, 0.1) is 23.1 Å². The minimum Gasteiger partial charge on any atom is -0.389 e. The lowest BCUT2D eigenvalue weighted by Crippen LogP contribution is -2.09. The summed E-state index contributed by atoms with van der Waals surface area (Å²) >= 11 is 1.37. The van der Waals surface area contributed by atoms with Crippen molar-refractivity contribution in [2.45, 2.75) is 31.0 Å². The number of nitrogens with zero attached hydrogens (tertiary/aromatic N) is 1. The predicted octanol–water partition coefficient (Wildman–Crippen LogP) is 4.86. The third-order valence-electron chi connectivity index (χ3n) is 3.05. The van der Waals surface area contributed by atoms with Gasteiger partial charge in [-0.05, 0) is 32.1 Å². The summed E-state index contributed by atoms with van der Waals surface area (Å²) in [6, 6.07) is 1.70. The van der Waals surface area contributed by atoms with Crippen LogP contribution in [0.2, 0.25) is 0 Å². The van der Waals surface area contributed by atoms with Crippen LogP contribution in [-0.2, 0) is 0 Å². The summed E-state index contributed by atoms with van der Waals surface area (Å²) in [5.41, 5.74) is 0.927. The van der Waals surface area contributed by atoms with Crippen molar-refractivity contribution in [3.8, 4) is 12.3 Å². The lowest BCUT2D eigenvalue weighted by atomic mass is 10.1. The largest absolute Gasteiger partial charge is 0.416 e. The maximum absolute atomic E-state index is 12.6. The van der Waals surface area contributed by atoms with Gasteiger partial charge in [0.15, 0.2) is 0 Å². The number of halogens is 3. The Bertz CT molecular complexity index is 697. The smallest absolute Gasteiger partial charge is 0.389 e. The third kappa shape index (κ3) is 5.59. The molecule has 1 atom stereocenters. The van der Waals surface area contributed by atoms with Crippen LogP contribution < -0.4 is 0 Å². The second-order valence-electron chi connectivity index (χ2n) is 4.90. The standard InChI is InChI=1S/C18H18F3NOS/c1-5-10-24-16-11-15(22-12(3)17(16)13(4)23)9-7-8-14(6-2)18(19,20)21/h1,6-9,11,13,23H,2,10H2,3-4H3. The number of alkyl halides is 3. The number of allylic oxidation sites excluding steroid dienone is 4. The Morgan fingerprint density at radius 3 is 2.71 bits per heavy atom. The van der Waals surface area contributed by atoms with Crippen molar-refractivity contribution in [3.05, 3.63) is 53.4 Å². The SMILES string of the molecule is C#CCSc1cc(C=CC=C(C=C)C(F)(F)F)nc(C)c1C(C)O. The fourth-order valence-electron chi connectivity index (χ4n) is 2.04. The molecule has 1 aromatic rings. The number of hydrogen-bond donors (Lipinski definition) is 1. The van der Waals surface area contributed by atoms with Crippen molar-refractivity contribution in [1.29, 1.82) is 0 Å². The molecule has 1 rings (SSSR count). The fourth-order valence-corrected chi connectivity index (χ4v) is 2.95. The highest BCUT2D eigenvalue weighted by atomic mass is 32.2. The number of aliphatic hydroxyl groups excluding tert-OH is 1. The van der Waals surface area contributed by atoms with Crippen LogP contribution in [0.25, 0.3) is 6.08 Å². The minimum absolute atomic E-state index is 0.418. The molecule has 0 spiro atoms. The Morgan fingerprint density at radius 1 is 1.54 bits per heavy atom. The number of terminal acetylenes is 1. The van der Waals surface area contributed by atoms with E-state index in [2.05, 4.69) is 17.5 Å². The van der Waals surface area contributed by atoms with Crippen LogP contribution in [0.3, 0.4) is 0 Å². The number of thioether (sulfide) groups is 1. The molecule has 24 heavy (non-hydrogen) atoms. The second kappa shape index (κ2) is 8.76. The zero-order valence-corrected chi connectivity index (χ0v) is 14.2. The molecular weight excluding hydrogens is 335 g/mol. The van der Waals surface area contributed by atoms with Crippen molar-refractivity contribution >= 4 is 17.8 Å². The van der Waals surface area contributed by atoms with Gasteiger partial charge in [-0.15, -0.1) is 18.2 Å². The van der Waals surface area contributed by atoms with Crippen LogP contribution in [0.15, 0.2) is 41.3 Å². The van der Waals surface area contributed by atoms with Crippen molar-refractivity contribution in [3.63, 3.8) is 0 Å². The molecule has 0 saturated heterocycles. The van der Waals surface area contributed by atoms with Crippen LogP contribution >= 0.6 is 11.8 Å². The summed E-state index contributed by atoms with van der Waals surface area (Å²) in [5.74, 6) is 2.92. The summed E-state index contributed by atoms with van der Waals surface area (Å²) in [7, 11) is 0. The molecule has 0 radical (unpaired) electrons. The van der Waals surface area contributed by atoms with Crippen molar-refractivity contribution < 1.29 is 18.3 Å². The lowest BCUT2D eigenvalue weighted by Gasteiger charge is -2.14. The Labute approximate surface area is 144 Å². The predicted molar refractivity (Wildman–Crippen MR) is 92.5 cm³/mol. The van der Waals surface area contributed by atoms with Crippen LogP contribution in [-0.4, -0.2) is 22.0 Å². The van der Waals surface area contributed by atoms with E-state index in [1.165, 1.54) is 23.9 Å². The summed E-state index contributed by atoms with van der Waals surface area (Å²) in [5, 5.41) is 9.88. The van der Waals surface area contributed by atoms with Gasteiger partial charge >= 0.3 is 6.18 Å². The Balaban J connectivity index is 3.20. The Kier molecular flexibility index (Phi) is 7.33. The second-order valence-corrected chi connectivity index (χ2v) is 5.91. The van der Waals surface area contributed by atoms with E-state index in [0.717, 1.165) is 17.0 Å². The fraction of sp³-hybridized carbons (Fsp3) is 0.278. The number of aromatic nitrogens is 1. The molecule has 0 aliphatic carbocycles. The Morgan fingerprint density at radius 2 is 2.21 bits per heavy atom. The Hall–Kier alpha value is -1.97. The van der Waals surface area contributed by atoms with Crippen molar-refractivity contribution in [2.24, 2.45) is 0 Å². The summed E-state index contributed by atoms with van der Waals surface area (Å²) in [6.07, 6.45) is 4.53. The molecule has 1 heterocycles. The molecule has 6 heteroatoms. The average Bonchev–Trinajstić information content (AvgIpc) is 2.47. The molecular formula is C18H18F3NOS. The van der Waals surface area contributed by atoms with Gasteiger partial charge in [-0.1, -0.05) is 24.7 Å². The van der Waals surface area contributed by atoms with E-state index >= 15 is 0 Å². The van der Waals surface area contributed by atoms with Crippen molar-refractivity contribution in [2.75, 3.05) is 5.75 Å². The molecule has 128 valence electrons. The van der Waals surface area contributed by atoms with Crippen LogP contribution in [0.4, 0.5) is 13.2 Å². The first-order valence-electron chi connectivity index (χ1n) is 7.04. The topological polar surface area (TPSA) is 33.1 Å². The van der Waals surface area contributed by atoms with Gasteiger partial charge in [-0.3, -0.25) is 4.98 Å². The van der Waals surface area contributed by atoms with Gasteiger partial charge in [0.2, 0.25) is 0 Å². The van der Waals surface area contributed by atoms with Crippen LogP contribution in [0.1, 0.15) is 30.0 Å². The number of aryl methyl sites for hydroxylation is 1. The van der Waals surface area contributed by atoms with Gasteiger partial charge < -0.3 is 5.11 Å². The van der Waals surface area contributed by atoms with E-state index in [1.807, 2.05) is 0 Å². The van der Waals surface area contributed by atoms with E-state index in [4.69, 9.17) is 6.42 Å². The molecule has 2 nitrogen and oxygen atoms in total. The third-order valence-corrected chi connectivity index (χ3v) is 4.01. The molecule has 0 fully saturated rings. The first-order valence-corrected chi connectivity index (χ1v) is 8.03. The molecule has 1 aromatic heterocycles. The van der Waals surface area contributed by atoms with E-state index < -0.39 is 17.9 Å². The molecule has 1 N–H and O–H groups in total. The van der Waals surface area contributed by atoms with Crippen molar-refractivity contribution in [1.82, 2.24) is 4.98 Å². The van der Waals surface area contributed by atoms with E-state index in [-0.39, 0.29) is 0 Å². The summed E-state index contributed by atoms with van der Waals surface area (Å²) in [6.45, 7) is 6.52. The highest BCUT2D eigenvalue weighted by Crippen LogP contribution is 2.31. The normalized spacial score (nSPS) is 13.8. The molecule has 0 aromatic carbocycles. The van der Waals surface area contributed by atoms with Gasteiger partial charge in [0, 0.05) is 16.2 Å². The molecule has 0 saturated carbocycles. The zero-order chi connectivity index (χ0) is 18.3. The summed E-state index contributed by atoms with van der Waals surface area (Å²) < 4.78 is 37.8. The van der Waals surface area contributed by atoms with Gasteiger partial charge in [-0.25, -0.2) is 0 Å². The van der Waals surface area contributed by atoms with Gasteiger partial charge in [-0.2, -0.15) is 13.2 Å². The quantitative estimate of drug-likeness (QED) is 0.451. The zero-order valence-electron chi connectivity index (χ0n) is 13.4. The number of hydrogen-bond acceptors (Lipinski definition) is 3. The number of aliphatic hydroxyl groups is 1. The maximum atomic E-state index is 12.6. The average molecular weight is 353 g/mol. The molecule has 0 aliphatic heterocycles. The first kappa shape index (κ1) is 20.1. The van der Waals surface area contributed by atoms with E-state index in [1.54, 1.807) is 19.9 Å². The lowest BCUT2D eigenvalue weighted by molar-refractivity contribution is -0.0881. The number of pyridine rings is 1. The molecule has 0 aliphatic rings. The van der Waals surface area contributed by atoms with Crippen LogP contribution in [0, 0.1) is 19.3 Å². The monoisotopic (exact) mass is 353 g/mol. The summed E-state index contributed by atoms with van der Waals surface area (Å²) in [4.78, 5) is 5.06. The maximum Gasteiger partial charge on any atom is 0.416 e. The minimum atomic E-state index is -4.45. The number of rotatable bonds is 6. The van der Waals surface area contributed by atoms with E-state index in [9.17, 15) is 18.3 Å².